The summed E-state index contributed by atoms with van der Waals surface area (Å²) in [5, 5.41) is 5.50. The third kappa shape index (κ3) is 3.83. The van der Waals surface area contributed by atoms with E-state index in [9.17, 15) is 9.59 Å². The zero-order valence-corrected chi connectivity index (χ0v) is 13.4. The fourth-order valence-electron chi connectivity index (χ4n) is 2.57. The molecule has 0 radical (unpaired) electrons. The molecule has 2 heterocycles. The van der Waals surface area contributed by atoms with Crippen molar-refractivity contribution < 1.29 is 19.1 Å². The largest absolute Gasteiger partial charge is 0.497 e. The zero-order chi connectivity index (χ0) is 16.9. The fourth-order valence-corrected chi connectivity index (χ4v) is 2.57. The van der Waals surface area contributed by atoms with Gasteiger partial charge in [0.05, 0.1) is 26.7 Å². The number of methoxy groups -OCH3 is 1. The van der Waals surface area contributed by atoms with Crippen LogP contribution in [0.3, 0.4) is 0 Å². The number of ether oxygens (including phenoxy) is 2. The van der Waals surface area contributed by atoms with Gasteiger partial charge in [0, 0.05) is 18.8 Å². The lowest BCUT2D eigenvalue weighted by molar-refractivity contribution is -0.124. The molecule has 1 aromatic rings. The van der Waals surface area contributed by atoms with E-state index in [0.717, 1.165) is 0 Å². The van der Waals surface area contributed by atoms with E-state index in [4.69, 9.17) is 9.47 Å². The molecule has 1 fully saturated rings. The lowest BCUT2D eigenvalue weighted by Crippen LogP contribution is -2.46. The van der Waals surface area contributed by atoms with Crippen molar-refractivity contribution in [3.8, 4) is 5.75 Å². The lowest BCUT2D eigenvalue weighted by atomic mass is 10.2. The molecule has 2 aliphatic rings. The first-order valence-corrected chi connectivity index (χ1v) is 7.81. The number of hydrogen-bond donors (Lipinski definition) is 2. The highest BCUT2D eigenvalue weighted by Crippen LogP contribution is 2.16. The number of benzene rings is 1. The molecule has 0 aromatic heterocycles. The number of amides is 2. The van der Waals surface area contributed by atoms with E-state index in [1.807, 2.05) is 4.90 Å². The van der Waals surface area contributed by atoms with Gasteiger partial charge in [0.2, 0.25) is 11.9 Å². The molecule has 8 heteroatoms. The Balaban J connectivity index is 1.56. The molecule has 1 saturated heterocycles. The van der Waals surface area contributed by atoms with Crippen molar-refractivity contribution in [2.45, 2.75) is 12.5 Å². The summed E-state index contributed by atoms with van der Waals surface area (Å²) in [5.41, 5.74) is 0.650. The summed E-state index contributed by atoms with van der Waals surface area (Å²) in [6, 6.07) is 6.31. The van der Waals surface area contributed by atoms with Crippen molar-refractivity contribution in [3.63, 3.8) is 0 Å². The summed E-state index contributed by atoms with van der Waals surface area (Å²) >= 11 is 0. The highest BCUT2D eigenvalue weighted by atomic mass is 16.5. The van der Waals surface area contributed by atoms with Crippen LogP contribution in [0.2, 0.25) is 0 Å². The molecule has 128 valence electrons. The van der Waals surface area contributed by atoms with Crippen LogP contribution in [-0.2, 0) is 14.3 Å². The maximum Gasteiger partial charge on any atom is 0.252 e. The number of nitrogens with zero attached hydrogens (tertiary/aromatic N) is 2. The average Bonchev–Trinajstić information content (AvgIpc) is 2.97. The summed E-state index contributed by atoms with van der Waals surface area (Å²) in [6.45, 7) is 2.59. The van der Waals surface area contributed by atoms with E-state index in [2.05, 4.69) is 15.6 Å². The zero-order valence-electron chi connectivity index (χ0n) is 13.4. The van der Waals surface area contributed by atoms with Crippen LogP contribution in [0.4, 0.5) is 5.69 Å². The Bertz CT molecular complexity index is 638. The van der Waals surface area contributed by atoms with E-state index in [1.54, 1.807) is 31.4 Å². The molecular weight excluding hydrogens is 312 g/mol. The number of nitrogens with one attached hydrogen (secondary N) is 2. The average molecular weight is 332 g/mol. The summed E-state index contributed by atoms with van der Waals surface area (Å²) in [6.07, 6.45) is 0.00566. The van der Waals surface area contributed by atoms with Crippen molar-refractivity contribution in [1.29, 1.82) is 0 Å². The summed E-state index contributed by atoms with van der Waals surface area (Å²) < 4.78 is 10.3. The number of aliphatic imine (C=N–C) groups is 1. The predicted molar refractivity (Wildman–Crippen MR) is 88.0 cm³/mol. The van der Waals surface area contributed by atoms with Crippen LogP contribution in [0.1, 0.15) is 6.42 Å². The van der Waals surface area contributed by atoms with Crippen LogP contribution in [0.15, 0.2) is 29.3 Å². The van der Waals surface area contributed by atoms with Crippen LogP contribution in [-0.4, -0.2) is 62.1 Å². The molecule has 0 aliphatic carbocycles. The van der Waals surface area contributed by atoms with Crippen LogP contribution < -0.4 is 15.4 Å². The van der Waals surface area contributed by atoms with Gasteiger partial charge in [-0.15, -0.1) is 0 Å². The van der Waals surface area contributed by atoms with E-state index in [1.165, 1.54) is 0 Å². The second-order valence-electron chi connectivity index (χ2n) is 5.54. The SMILES string of the molecule is COc1ccc(NC(=O)CC2N=C(N3CCOCC3)NC2=O)cc1. The smallest absolute Gasteiger partial charge is 0.252 e. The van der Waals surface area contributed by atoms with Gasteiger partial charge in [-0.3, -0.25) is 14.9 Å². The number of guanidine groups is 1. The summed E-state index contributed by atoms with van der Waals surface area (Å²) in [5.74, 6) is 0.738. The number of anilines is 1. The van der Waals surface area contributed by atoms with Crippen molar-refractivity contribution >= 4 is 23.5 Å². The minimum Gasteiger partial charge on any atom is -0.497 e. The van der Waals surface area contributed by atoms with Crippen LogP contribution in [0, 0.1) is 0 Å². The van der Waals surface area contributed by atoms with Gasteiger partial charge in [0.15, 0.2) is 0 Å². The number of carbonyl (C=O) groups is 2. The maximum atomic E-state index is 12.1. The first kappa shape index (κ1) is 16.3. The van der Waals surface area contributed by atoms with Gasteiger partial charge < -0.3 is 19.7 Å². The lowest BCUT2D eigenvalue weighted by Gasteiger charge is -2.27. The molecular formula is C16H20N4O4. The third-order valence-electron chi connectivity index (χ3n) is 3.88. The molecule has 1 unspecified atom stereocenters. The molecule has 1 atom stereocenters. The van der Waals surface area contributed by atoms with E-state index >= 15 is 0 Å². The first-order valence-electron chi connectivity index (χ1n) is 7.81. The van der Waals surface area contributed by atoms with Crippen molar-refractivity contribution in [2.75, 3.05) is 38.7 Å². The minimum atomic E-state index is -0.693. The Kier molecular flexibility index (Phi) is 4.95. The standard InChI is InChI=1S/C16H20N4O4/c1-23-12-4-2-11(3-5-12)17-14(21)10-13-15(22)19-16(18-13)20-6-8-24-9-7-20/h2-5,13H,6-10H2,1H3,(H,17,21)(H,18,19,22). The Hall–Kier alpha value is -2.61. The summed E-state index contributed by atoms with van der Waals surface area (Å²) in [4.78, 5) is 30.5. The molecule has 0 bridgehead atoms. The maximum absolute atomic E-state index is 12.1. The van der Waals surface area contributed by atoms with Gasteiger partial charge in [0.25, 0.3) is 5.91 Å². The van der Waals surface area contributed by atoms with Gasteiger partial charge in [-0.2, -0.15) is 0 Å². The molecule has 8 nitrogen and oxygen atoms in total. The van der Waals surface area contributed by atoms with Gasteiger partial charge in [-0.1, -0.05) is 0 Å². The second-order valence-corrected chi connectivity index (χ2v) is 5.54. The van der Waals surface area contributed by atoms with Gasteiger partial charge in [-0.25, -0.2) is 4.99 Å². The molecule has 0 spiro atoms. The highest BCUT2D eigenvalue weighted by Gasteiger charge is 2.31. The molecule has 0 saturated carbocycles. The number of rotatable bonds is 4. The third-order valence-corrected chi connectivity index (χ3v) is 3.88. The Labute approximate surface area is 139 Å². The molecule has 2 amide bonds. The quantitative estimate of drug-likeness (QED) is 0.822. The van der Waals surface area contributed by atoms with Crippen molar-refractivity contribution in [1.82, 2.24) is 10.2 Å². The van der Waals surface area contributed by atoms with E-state index < -0.39 is 6.04 Å². The van der Waals surface area contributed by atoms with E-state index in [0.29, 0.717) is 43.7 Å². The highest BCUT2D eigenvalue weighted by molar-refractivity contribution is 6.07. The van der Waals surface area contributed by atoms with Crippen molar-refractivity contribution in [2.24, 2.45) is 4.99 Å². The van der Waals surface area contributed by atoms with Crippen LogP contribution in [0.25, 0.3) is 0 Å². The van der Waals surface area contributed by atoms with Crippen LogP contribution >= 0.6 is 0 Å². The Morgan fingerprint density at radius 1 is 1.38 bits per heavy atom. The monoisotopic (exact) mass is 332 g/mol. The molecule has 24 heavy (non-hydrogen) atoms. The van der Waals surface area contributed by atoms with Gasteiger partial charge in [0.1, 0.15) is 11.8 Å². The van der Waals surface area contributed by atoms with E-state index in [-0.39, 0.29) is 18.2 Å². The summed E-state index contributed by atoms with van der Waals surface area (Å²) in [7, 11) is 1.58. The second kappa shape index (κ2) is 7.31. The molecule has 2 aliphatic heterocycles. The number of carbonyl (C=O) groups excluding carboxylic acids is 2. The predicted octanol–water partition coefficient (Wildman–Crippen LogP) is 0.210. The van der Waals surface area contributed by atoms with Crippen LogP contribution in [0.5, 0.6) is 5.75 Å². The van der Waals surface area contributed by atoms with Crippen molar-refractivity contribution in [3.05, 3.63) is 24.3 Å². The minimum absolute atomic E-state index is 0.00566. The molecule has 2 N–H and O–H groups in total. The fraction of sp³-hybridized carbons (Fsp3) is 0.438. The topological polar surface area (TPSA) is 92.3 Å². The number of hydrogen-bond acceptors (Lipinski definition) is 6. The molecule has 3 rings (SSSR count). The van der Waals surface area contributed by atoms with Gasteiger partial charge >= 0.3 is 0 Å². The Morgan fingerprint density at radius 2 is 2.08 bits per heavy atom. The molecule has 1 aromatic carbocycles. The Morgan fingerprint density at radius 3 is 2.75 bits per heavy atom. The first-order chi connectivity index (χ1) is 11.7. The normalized spacial score (nSPS) is 20.4. The number of morpholine rings is 1. The van der Waals surface area contributed by atoms with Gasteiger partial charge in [-0.05, 0) is 24.3 Å².